The van der Waals surface area contributed by atoms with E-state index >= 15 is 0 Å². The molecular weight excluding hydrogens is 346 g/mol. The summed E-state index contributed by atoms with van der Waals surface area (Å²) in [7, 11) is 0. The molecule has 0 bridgehead atoms. The minimum Gasteiger partial charge on any atom is -0.321 e. The summed E-state index contributed by atoms with van der Waals surface area (Å²) in [6.07, 6.45) is 1.65. The van der Waals surface area contributed by atoms with Crippen LogP contribution < -0.4 is 5.32 Å². The van der Waals surface area contributed by atoms with E-state index < -0.39 is 5.91 Å². The molecule has 1 amide bonds. The Kier molecular flexibility index (Phi) is 5.47. The lowest BCUT2D eigenvalue weighted by Gasteiger charge is -2.13. The quantitative estimate of drug-likeness (QED) is 0.504. The molecule has 0 spiro atoms. The van der Waals surface area contributed by atoms with Gasteiger partial charge in [-0.25, -0.2) is 0 Å². The van der Waals surface area contributed by atoms with Crippen molar-refractivity contribution >= 4 is 17.7 Å². The van der Waals surface area contributed by atoms with Gasteiger partial charge in [0, 0.05) is 22.8 Å². The van der Waals surface area contributed by atoms with Crippen molar-refractivity contribution in [3.05, 3.63) is 88.2 Å². The molecule has 1 heterocycles. The summed E-state index contributed by atoms with van der Waals surface area (Å²) in [4.78, 5) is 12.5. The summed E-state index contributed by atoms with van der Waals surface area (Å²) >= 11 is 0. The van der Waals surface area contributed by atoms with Crippen molar-refractivity contribution in [2.24, 2.45) is 0 Å². The maximum Gasteiger partial charge on any atom is 0.266 e. The number of benzene rings is 2. The van der Waals surface area contributed by atoms with Crippen molar-refractivity contribution in [3.8, 4) is 11.8 Å². The van der Waals surface area contributed by atoms with Crippen molar-refractivity contribution in [3.63, 3.8) is 0 Å². The number of nitriles is 1. The first kappa shape index (κ1) is 19.2. The van der Waals surface area contributed by atoms with Gasteiger partial charge in [0.05, 0.1) is 0 Å². The molecule has 140 valence electrons. The van der Waals surface area contributed by atoms with E-state index in [0.717, 1.165) is 22.6 Å². The van der Waals surface area contributed by atoms with E-state index in [2.05, 4.69) is 41.9 Å². The number of aryl methyl sites for hydroxylation is 3. The third-order valence-corrected chi connectivity index (χ3v) is 4.76. The van der Waals surface area contributed by atoms with Gasteiger partial charge in [-0.3, -0.25) is 4.79 Å². The Morgan fingerprint density at radius 3 is 2.39 bits per heavy atom. The van der Waals surface area contributed by atoms with Gasteiger partial charge in [-0.15, -0.1) is 0 Å². The second kappa shape index (κ2) is 7.98. The second-order valence-corrected chi connectivity index (χ2v) is 6.94. The van der Waals surface area contributed by atoms with Crippen LogP contribution >= 0.6 is 0 Å². The minimum absolute atomic E-state index is 0.0738. The average molecular weight is 369 g/mol. The van der Waals surface area contributed by atoms with Crippen LogP contribution in [0.4, 0.5) is 5.69 Å². The fourth-order valence-corrected chi connectivity index (χ4v) is 3.38. The van der Waals surface area contributed by atoms with E-state index in [9.17, 15) is 10.1 Å². The summed E-state index contributed by atoms with van der Waals surface area (Å²) in [6, 6.07) is 19.5. The van der Waals surface area contributed by atoms with Crippen molar-refractivity contribution in [2.75, 3.05) is 5.32 Å². The Balaban J connectivity index is 1.97. The van der Waals surface area contributed by atoms with Gasteiger partial charge in [0.1, 0.15) is 11.6 Å². The molecule has 0 radical (unpaired) electrons. The number of carbonyl (C=O) groups excluding carboxylic acids is 1. The van der Waals surface area contributed by atoms with E-state index in [-0.39, 0.29) is 5.57 Å². The van der Waals surface area contributed by atoms with Gasteiger partial charge in [-0.1, -0.05) is 35.9 Å². The maximum atomic E-state index is 12.5. The number of nitrogens with zero attached hydrogens (tertiary/aromatic N) is 2. The normalized spacial score (nSPS) is 11.2. The molecule has 0 aliphatic heterocycles. The highest BCUT2D eigenvalue weighted by atomic mass is 16.1. The lowest BCUT2D eigenvalue weighted by Crippen LogP contribution is -2.13. The second-order valence-electron chi connectivity index (χ2n) is 6.94. The molecule has 3 aromatic rings. The van der Waals surface area contributed by atoms with Crippen molar-refractivity contribution < 1.29 is 4.79 Å². The molecule has 0 aliphatic carbocycles. The van der Waals surface area contributed by atoms with Gasteiger partial charge in [-0.05, 0) is 69.2 Å². The van der Waals surface area contributed by atoms with Gasteiger partial charge >= 0.3 is 0 Å². The van der Waals surface area contributed by atoms with Crippen LogP contribution in [0.1, 0.15) is 28.1 Å². The first-order chi connectivity index (χ1) is 13.4. The first-order valence-corrected chi connectivity index (χ1v) is 9.15. The van der Waals surface area contributed by atoms with Crippen LogP contribution in [-0.2, 0) is 4.79 Å². The number of nitrogens with one attached hydrogen (secondary N) is 1. The molecule has 28 heavy (non-hydrogen) atoms. The van der Waals surface area contributed by atoms with Gasteiger partial charge in [0.15, 0.2) is 0 Å². The number of amides is 1. The topological polar surface area (TPSA) is 57.8 Å². The van der Waals surface area contributed by atoms with Gasteiger partial charge in [0.2, 0.25) is 0 Å². The van der Waals surface area contributed by atoms with Crippen molar-refractivity contribution in [1.29, 1.82) is 5.26 Å². The highest BCUT2D eigenvalue weighted by Gasteiger charge is 2.15. The van der Waals surface area contributed by atoms with Crippen LogP contribution in [-0.4, -0.2) is 10.5 Å². The van der Waals surface area contributed by atoms with Crippen LogP contribution in [0.3, 0.4) is 0 Å². The molecule has 2 aromatic carbocycles. The van der Waals surface area contributed by atoms with Gasteiger partial charge in [0.25, 0.3) is 5.91 Å². The van der Waals surface area contributed by atoms with Crippen molar-refractivity contribution in [2.45, 2.75) is 27.7 Å². The molecule has 1 aromatic heterocycles. The molecule has 0 fully saturated rings. The third-order valence-electron chi connectivity index (χ3n) is 4.76. The largest absolute Gasteiger partial charge is 0.321 e. The predicted octanol–water partition coefficient (Wildman–Crippen LogP) is 5.26. The molecule has 0 unspecified atom stereocenters. The van der Waals surface area contributed by atoms with E-state index in [4.69, 9.17) is 0 Å². The highest BCUT2D eigenvalue weighted by Crippen LogP contribution is 2.25. The van der Waals surface area contributed by atoms with Crippen LogP contribution in [0, 0.1) is 39.0 Å². The number of rotatable bonds is 4. The monoisotopic (exact) mass is 369 g/mol. The Bertz CT molecular complexity index is 1100. The molecule has 0 saturated carbocycles. The van der Waals surface area contributed by atoms with Crippen LogP contribution in [0.15, 0.2) is 60.2 Å². The van der Waals surface area contributed by atoms with Crippen LogP contribution in [0.2, 0.25) is 0 Å². The number of hydrogen-bond donors (Lipinski definition) is 1. The number of aromatic nitrogens is 1. The molecular formula is C24H23N3O. The lowest BCUT2D eigenvalue weighted by molar-refractivity contribution is -0.112. The maximum absolute atomic E-state index is 12.5. The number of carbonyl (C=O) groups is 1. The molecule has 1 N–H and O–H groups in total. The van der Waals surface area contributed by atoms with E-state index in [1.165, 1.54) is 11.1 Å². The minimum atomic E-state index is -0.412. The molecule has 0 aliphatic rings. The standard InChI is InChI=1S/C24H23N3O/c1-16-10-11-23(17(2)12-16)27-18(3)13-20(19(27)4)14-21(15-25)24(28)26-22-8-6-5-7-9-22/h5-14H,1-4H3,(H,26,28). The average Bonchev–Trinajstić information content (AvgIpc) is 2.94. The molecule has 4 heteroatoms. The Labute approximate surface area is 165 Å². The predicted molar refractivity (Wildman–Crippen MR) is 113 cm³/mol. The fourth-order valence-electron chi connectivity index (χ4n) is 3.38. The molecule has 0 saturated heterocycles. The molecule has 4 nitrogen and oxygen atoms in total. The zero-order chi connectivity index (χ0) is 20.3. The fraction of sp³-hybridized carbons (Fsp3) is 0.167. The van der Waals surface area contributed by atoms with Crippen LogP contribution in [0.5, 0.6) is 0 Å². The lowest BCUT2D eigenvalue weighted by atomic mass is 10.1. The number of anilines is 1. The zero-order valence-electron chi connectivity index (χ0n) is 16.6. The molecule has 3 rings (SSSR count). The Morgan fingerprint density at radius 2 is 1.75 bits per heavy atom. The first-order valence-electron chi connectivity index (χ1n) is 9.15. The van der Waals surface area contributed by atoms with E-state index in [0.29, 0.717) is 5.69 Å². The Morgan fingerprint density at radius 1 is 1.04 bits per heavy atom. The van der Waals surface area contributed by atoms with E-state index in [1.54, 1.807) is 18.2 Å². The van der Waals surface area contributed by atoms with Crippen LogP contribution in [0.25, 0.3) is 11.8 Å². The summed E-state index contributed by atoms with van der Waals surface area (Å²) in [5.41, 5.74) is 7.14. The van der Waals surface area contributed by atoms with E-state index in [1.807, 2.05) is 44.2 Å². The smallest absolute Gasteiger partial charge is 0.266 e. The van der Waals surface area contributed by atoms with Gasteiger partial charge < -0.3 is 9.88 Å². The highest BCUT2D eigenvalue weighted by molar-refractivity contribution is 6.09. The summed E-state index contributed by atoms with van der Waals surface area (Å²) < 4.78 is 2.16. The number of hydrogen-bond acceptors (Lipinski definition) is 2. The Hall–Kier alpha value is -3.58. The zero-order valence-corrected chi connectivity index (χ0v) is 16.6. The number of para-hydroxylation sites is 1. The summed E-state index contributed by atoms with van der Waals surface area (Å²) in [5, 5.41) is 12.3. The SMILES string of the molecule is Cc1ccc(-n2c(C)cc(C=C(C#N)C(=O)Nc3ccccc3)c2C)c(C)c1. The van der Waals surface area contributed by atoms with Gasteiger partial charge in [-0.2, -0.15) is 5.26 Å². The summed E-state index contributed by atoms with van der Waals surface area (Å²) in [6.45, 7) is 8.19. The third kappa shape index (κ3) is 3.89. The van der Waals surface area contributed by atoms with Crippen molar-refractivity contribution in [1.82, 2.24) is 4.57 Å². The summed E-state index contributed by atoms with van der Waals surface area (Å²) in [5.74, 6) is -0.412. The molecule has 0 atom stereocenters.